The molecule has 1 fully saturated rings. The molecule has 0 spiro atoms. The van der Waals surface area contributed by atoms with Crippen molar-refractivity contribution in [3.8, 4) is 11.8 Å². The lowest BCUT2D eigenvalue weighted by molar-refractivity contribution is -0.139. The summed E-state index contributed by atoms with van der Waals surface area (Å²) in [5, 5.41) is 13.0. The van der Waals surface area contributed by atoms with E-state index in [0.717, 1.165) is 42.9 Å². The molecule has 1 heterocycles. The number of likely N-dealkylation sites (tertiary alicyclic amines) is 1. The SMILES string of the molecule is C=C(NC(=NC)c1cccc2c1CCC2N1CC(C(=O)N(C)C)C1)c1ccc(OC(C)C)c(C#N)c1. The summed E-state index contributed by atoms with van der Waals surface area (Å²) < 4.78 is 5.75. The van der Waals surface area contributed by atoms with Crippen molar-refractivity contribution in [1.29, 1.82) is 5.26 Å². The molecule has 0 aromatic heterocycles. The summed E-state index contributed by atoms with van der Waals surface area (Å²) >= 11 is 0. The summed E-state index contributed by atoms with van der Waals surface area (Å²) in [5.74, 6) is 1.63. The molecular weight excluding hydrogens is 450 g/mol. The first-order valence-corrected chi connectivity index (χ1v) is 12.4. The zero-order valence-electron chi connectivity index (χ0n) is 21.8. The van der Waals surface area contributed by atoms with Crippen LogP contribution >= 0.6 is 0 Å². The smallest absolute Gasteiger partial charge is 0.227 e. The maximum atomic E-state index is 12.3. The van der Waals surface area contributed by atoms with Crippen LogP contribution in [0.15, 0.2) is 48.0 Å². The maximum absolute atomic E-state index is 12.3. The minimum absolute atomic E-state index is 0.0114. The Morgan fingerprint density at radius 3 is 2.67 bits per heavy atom. The van der Waals surface area contributed by atoms with Crippen LogP contribution in [0.4, 0.5) is 0 Å². The van der Waals surface area contributed by atoms with Gasteiger partial charge < -0.3 is 15.0 Å². The molecule has 188 valence electrons. The van der Waals surface area contributed by atoms with Gasteiger partial charge in [0.25, 0.3) is 0 Å². The van der Waals surface area contributed by atoms with Gasteiger partial charge in [0.15, 0.2) is 0 Å². The largest absolute Gasteiger partial charge is 0.490 e. The van der Waals surface area contributed by atoms with Gasteiger partial charge in [-0.05, 0) is 61.6 Å². The highest BCUT2D eigenvalue weighted by Gasteiger charge is 2.40. The Hall–Kier alpha value is -3.63. The van der Waals surface area contributed by atoms with E-state index in [4.69, 9.17) is 4.74 Å². The number of fused-ring (bicyclic) bond motifs is 1. The molecule has 0 saturated carbocycles. The van der Waals surface area contributed by atoms with Gasteiger partial charge in [-0.1, -0.05) is 24.8 Å². The summed E-state index contributed by atoms with van der Waals surface area (Å²) in [5.41, 5.74) is 5.64. The highest BCUT2D eigenvalue weighted by molar-refractivity contribution is 6.04. The topological polar surface area (TPSA) is 81.0 Å². The van der Waals surface area contributed by atoms with Crippen LogP contribution in [0.2, 0.25) is 0 Å². The fraction of sp³-hybridized carbons (Fsp3) is 0.414. The van der Waals surface area contributed by atoms with Crippen molar-refractivity contribution in [1.82, 2.24) is 15.1 Å². The van der Waals surface area contributed by atoms with E-state index in [-0.39, 0.29) is 17.9 Å². The van der Waals surface area contributed by atoms with E-state index < -0.39 is 0 Å². The molecule has 2 aromatic carbocycles. The van der Waals surface area contributed by atoms with Crippen LogP contribution in [0.5, 0.6) is 5.75 Å². The maximum Gasteiger partial charge on any atom is 0.227 e. The first kappa shape index (κ1) is 25.5. The second kappa shape index (κ2) is 10.5. The minimum atomic E-state index is -0.0114. The Kier molecular flexibility index (Phi) is 7.46. The van der Waals surface area contributed by atoms with Crippen molar-refractivity contribution >= 4 is 17.4 Å². The van der Waals surface area contributed by atoms with Gasteiger partial charge in [-0.2, -0.15) is 5.26 Å². The first-order chi connectivity index (χ1) is 17.2. The molecule has 1 unspecified atom stereocenters. The summed E-state index contributed by atoms with van der Waals surface area (Å²) in [6.07, 6.45) is 1.99. The molecule has 4 rings (SSSR count). The number of carbonyl (C=O) groups is 1. The second-order valence-corrected chi connectivity index (χ2v) is 9.98. The Labute approximate surface area is 214 Å². The molecule has 1 aliphatic heterocycles. The molecule has 0 radical (unpaired) electrons. The molecule has 1 saturated heterocycles. The molecule has 1 atom stereocenters. The summed E-state index contributed by atoms with van der Waals surface area (Å²) in [6.45, 7) is 9.71. The van der Waals surface area contributed by atoms with E-state index in [0.29, 0.717) is 23.1 Å². The minimum Gasteiger partial charge on any atom is -0.490 e. The molecule has 7 nitrogen and oxygen atoms in total. The van der Waals surface area contributed by atoms with Gasteiger partial charge in [0.2, 0.25) is 5.91 Å². The number of amides is 1. The zero-order valence-corrected chi connectivity index (χ0v) is 21.8. The van der Waals surface area contributed by atoms with Gasteiger partial charge >= 0.3 is 0 Å². The predicted octanol–water partition coefficient (Wildman–Crippen LogP) is 3.99. The van der Waals surface area contributed by atoms with Gasteiger partial charge in [0, 0.05) is 51.5 Å². The Morgan fingerprint density at radius 1 is 1.28 bits per heavy atom. The van der Waals surface area contributed by atoms with Crippen LogP contribution in [0.3, 0.4) is 0 Å². The molecule has 36 heavy (non-hydrogen) atoms. The van der Waals surface area contributed by atoms with Crippen molar-refractivity contribution in [2.24, 2.45) is 10.9 Å². The predicted molar refractivity (Wildman–Crippen MR) is 143 cm³/mol. The van der Waals surface area contributed by atoms with Gasteiger partial charge in [0.05, 0.1) is 17.6 Å². The van der Waals surface area contributed by atoms with E-state index in [1.807, 2.05) is 40.1 Å². The molecular formula is C29H35N5O2. The molecule has 1 aliphatic carbocycles. The molecule has 7 heteroatoms. The molecule has 0 bridgehead atoms. The van der Waals surface area contributed by atoms with E-state index in [2.05, 4.69) is 46.1 Å². The van der Waals surface area contributed by atoms with Crippen LogP contribution in [-0.2, 0) is 11.2 Å². The number of rotatable bonds is 7. The highest BCUT2D eigenvalue weighted by Crippen LogP contribution is 2.41. The monoisotopic (exact) mass is 485 g/mol. The summed E-state index contributed by atoms with van der Waals surface area (Å²) in [7, 11) is 5.42. The van der Waals surface area contributed by atoms with Crippen LogP contribution < -0.4 is 10.1 Å². The Morgan fingerprint density at radius 2 is 2.03 bits per heavy atom. The number of nitrogens with one attached hydrogen (secondary N) is 1. The third kappa shape index (κ3) is 5.00. The van der Waals surface area contributed by atoms with Crippen molar-refractivity contribution < 1.29 is 9.53 Å². The number of carbonyl (C=O) groups excluding carboxylic acids is 1. The van der Waals surface area contributed by atoms with E-state index >= 15 is 0 Å². The average molecular weight is 486 g/mol. The number of amidine groups is 1. The summed E-state index contributed by atoms with van der Waals surface area (Å²) in [6, 6.07) is 14.4. The molecule has 2 aliphatic rings. The lowest BCUT2D eigenvalue weighted by atomic mass is 9.93. The van der Waals surface area contributed by atoms with Crippen LogP contribution in [0.25, 0.3) is 5.70 Å². The van der Waals surface area contributed by atoms with Gasteiger partial charge in [-0.25, -0.2) is 0 Å². The lowest BCUT2D eigenvalue weighted by Gasteiger charge is -2.43. The zero-order chi connectivity index (χ0) is 26.0. The first-order valence-electron chi connectivity index (χ1n) is 12.4. The standard InChI is InChI=1S/C29H35N5O2/c1-18(2)36-27-13-10-20(14-21(27)15-30)19(3)32-28(31-4)25-9-7-8-24-23(25)11-12-26(24)34-16-22(17-34)29(35)33(5)6/h7-10,13-14,18,22,26H,3,11-12,16-17H2,1-2,4-6H3,(H,31,32). The van der Waals surface area contributed by atoms with Gasteiger partial charge in [-0.15, -0.1) is 0 Å². The van der Waals surface area contributed by atoms with Crippen LogP contribution in [-0.4, -0.2) is 61.9 Å². The number of hydrogen-bond donors (Lipinski definition) is 1. The molecule has 1 N–H and O–H groups in total. The second-order valence-electron chi connectivity index (χ2n) is 9.98. The van der Waals surface area contributed by atoms with E-state index in [1.54, 1.807) is 18.0 Å². The highest BCUT2D eigenvalue weighted by atomic mass is 16.5. The Balaban J connectivity index is 1.50. The molecule has 1 amide bonds. The quantitative estimate of drug-likeness (QED) is 0.474. The third-order valence-electron chi connectivity index (χ3n) is 6.94. The van der Waals surface area contributed by atoms with Crippen molar-refractivity contribution in [2.45, 2.75) is 38.8 Å². The number of ether oxygens (including phenoxy) is 1. The van der Waals surface area contributed by atoms with Gasteiger partial charge in [-0.3, -0.25) is 14.7 Å². The fourth-order valence-corrected chi connectivity index (χ4v) is 5.14. The lowest BCUT2D eigenvalue weighted by Crippen LogP contribution is -2.54. The van der Waals surface area contributed by atoms with Crippen molar-refractivity contribution in [3.05, 3.63) is 70.8 Å². The average Bonchev–Trinajstić information content (AvgIpc) is 3.25. The summed E-state index contributed by atoms with van der Waals surface area (Å²) in [4.78, 5) is 20.9. The fourth-order valence-electron chi connectivity index (χ4n) is 5.14. The van der Waals surface area contributed by atoms with Gasteiger partial charge in [0.1, 0.15) is 17.7 Å². The molecule has 2 aromatic rings. The van der Waals surface area contributed by atoms with E-state index in [9.17, 15) is 10.1 Å². The number of aliphatic imine (C=N–C) groups is 1. The van der Waals surface area contributed by atoms with Crippen molar-refractivity contribution in [2.75, 3.05) is 34.2 Å². The number of nitriles is 1. The van der Waals surface area contributed by atoms with Crippen molar-refractivity contribution in [3.63, 3.8) is 0 Å². The number of benzene rings is 2. The van der Waals surface area contributed by atoms with Crippen LogP contribution in [0, 0.1) is 17.2 Å². The van der Waals surface area contributed by atoms with E-state index in [1.165, 1.54) is 11.1 Å². The number of nitrogens with zero attached hydrogens (tertiary/aromatic N) is 4. The normalized spacial score (nSPS) is 17.8. The van der Waals surface area contributed by atoms with Crippen LogP contribution in [0.1, 0.15) is 54.1 Å². The Bertz CT molecular complexity index is 1230. The number of hydrogen-bond acceptors (Lipinski definition) is 5. The third-order valence-corrected chi connectivity index (χ3v) is 6.94.